The van der Waals surface area contributed by atoms with E-state index in [1.165, 1.54) is 12.3 Å². The average Bonchev–Trinajstić information content (AvgIpc) is 2.94. The molecule has 0 fully saturated rings. The Morgan fingerprint density at radius 3 is 2.48 bits per heavy atom. The highest BCUT2D eigenvalue weighted by molar-refractivity contribution is 6.07. The molecule has 0 aliphatic rings. The molecular formula is C17H17N3O3. The number of aliphatic hydroxyl groups is 1. The average molecular weight is 311 g/mol. The monoisotopic (exact) mass is 311 g/mol. The first kappa shape index (κ1) is 15.2. The first-order chi connectivity index (χ1) is 11.0. The predicted octanol–water partition coefficient (Wildman–Crippen LogP) is 2.87. The number of fused-ring (bicyclic) bond motifs is 1. The summed E-state index contributed by atoms with van der Waals surface area (Å²) in [6.45, 7) is 3.91. The molecule has 0 saturated heterocycles. The second kappa shape index (κ2) is 5.81. The molecule has 6 heteroatoms. The van der Waals surface area contributed by atoms with Gasteiger partial charge in [0.2, 0.25) is 0 Å². The van der Waals surface area contributed by atoms with Crippen LogP contribution in [0.25, 0.3) is 22.3 Å². The molecule has 0 spiro atoms. The van der Waals surface area contributed by atoms with Crippen molar-refractivity contribution in [1.82, 2.24) is 14.8 Å². The van der Waals surface area contributed by atoms with Crippen molar-refractivity contribution in [3.63, 3.8) is 0 Å². The largest absolute Gasteiger partial charge is 0.478 e. The lowest BCUT2D eigenvalue weighted by atomic mass is 10.0. The van der Waals surface area contributed by atoms with E-state index in [9.17, 15) is 9.90 Å². The van der Waals surface area contributed by atoms with Crippen molar-refractivity contribution >= 4 is 17.0 Å². The number of carbonyl (C=O) groups is 1. The fourth-order valence-electron chi connectivity index (χ4n) is 2.57. The van der Waals surface area contributed by atoms with E-state index in [2.05, 4.69) is 10.1 Å². The van der Waals surface area contributed by atoms with Crippen molar-refractivity contribution in [3.05, 3.63) is 47.7 Å². The lowest BCUT2D eigenvalue weighted by molar-refractivity contribution is 0.0699. The van der Waals surface area contributed by atoms with Gasteiger partial charge in [0.1, 0.15) is 5.69 Å². The third-order valence-electron chi connectivity index (χ3n) is 3.72. The molecular weight excluding hydrogens is 294 g/mol. The molecule has 0 unspecified atom stereocenters. The summed E-state index contributed by atoms with van der Waals surface area (Å²) in [6, 6.07) is 8.80. The minimum atomic E-state index is -1.01. The second-order valence-electron chi connectivity index (χ2n) is 5.60. The Kier molecular flexibility index (Phi) is 3.83. The van der Waals surface area contributed by atoms with Crippen molar-refractivity contribution in [3.8, 4) is 11.3 Å². The van der Waals surface area contributed by atoms with E-state index in [1.807, 2.05) is 26.0 Å². The van der Waals surface area contributed by atoms with E-state index in [-0.39, 0.29) is 18.2 Å². The number of aromatic carboxylic acids is 1. The SMILES string of the molecule is CC(C)n1nc(-c2ccc(CO)cc2)c2c(C(=O)O)ccnc21. The first-order valence-electron chi connectivity index (χ1n) is 7.33. The van der Waals surface area contributed by atoms with Crippen LogP contribution in [-0.2, 0) is 6.61 Å². The van der Waals surface area contributed by atoms with Crippen LogP contribution >= 0.6 is 0 Å². The third kappa shape index (κ3) is 2.57. The first-order valence-corrected chi connectivity index (χ1v) is 7.33. The molecule has 2 aromatic heterocycles. The number of hydrogen-bond donors (Lipinski definition) is 2. The summed E-state index contributed by atoms with van der Waals surface area (Å²) < 4.78 is 1.73. The van der Waals surface area contributed by atoms with E-state index in [0.717, 1.165) is 11.1 Å². The summed E-state index contributed by atoms with van der Waals surface area (Å²) in [6.07, 6.45) is 1.49. The molecule has 2 heterocycles. The van der Waals surface area contributed by atoms with Gasteiger partial charge in [-0.05, 0) is 25.5 Å². The number of carboxylic acid groups (broad SMARTS) is 1. The number of nitrogens with zero attached hydrogens (tertiary/aromatic N) is 3. The Labute approximate surface area is 133 Å². The molecule has 0 aliphatic carbocycles. The zero-order valence-corrected chi connectivity index (χ0v) is 12.9. The molecule has 2 N–H and O–H groups in total. The number of hydrogen-bond acceptors (Lipinski definition) is 4. The van der Waals surface area contributed by atoms with Gasteiger partial charge >= 0.3 is 5.97 Å². The number of pyridine rings is 1. The molecule has 0 amide bonds. The Bertz CT molecular complexity index is 867. The van der Waals surface area contributed by atoms with Gasteiger partial charge in [-0.2, -0.15) is 5.10 Å². The van der Waals surface area contributed by atoms with Crippen LogP contribution in [0.15, 0.2) is 36.5 Å². The summed E-state index contributed by atoms with van der Waals surface area (Å²) in [4.78, 5) is 15.9. The summed E-state index contributed by atoms with van der Waals surface area (Å²) in [5.74, 6) is -1.01. The van der Waals surface area contributed by atoms with E-state index in [4.69, 9.17) is 5.11 Å². The maximum atomic E-state index is 11.6. The standard InChI is InChI=1S/C17H17N3O3/c1-10(2)20-16-14(13(17(22)23)7-8-18-16)15(19-20)12-5-3-11(9-21)4-6-12/h3-8,10,21H,9H2,1-2H3,(H,22,23). The summed E-state index contributed by atoms with van der Waals surface area (Å²) in [7, 11) is 0. The van der Waals surface area contributed by atoms with Crippen LogP contribution in [0.5, 0.6) is 0 Å². The van der Waals surface area contributed by atoms with Gasteiger partial charge in [-0.1, -0.05) is 24.3 Å². The van der Waals surface area contributed by atoms with Gasteiger partial charge in [0.15, 0.2) is 5.65 Å². The van der Waals surface area contributed by atoms with Crippen molar-refractivity contribution in [2.75, 3.05) is 0 Å². The molecule has 3 aromatic rings. The van der Waals surface area contributed by atoms with E-state index < -0.39 is 5.97 Å². The smallest absolute Gasteiger partial charge is 0.336 e. The van der Waals surface area contributed by atoms with Gasteiger partial charge in [-0.3, -0.25) is 0 Å². The summed E-state index contributed by atoms with van der Waals surface area (Å²) >= 11 is 0. The second-order valence-corrected chi connectivity index (χ2v) is 5.60. The van der Waals surface area contributed by atoms with Gasteiger partial charge in [0.25, 0.3) is 0 Å². The number of aromatic nitrogens is 3. The van der Waals surface area contributed by atoms with Crippen LogP contribution in [0.3, 0.4) is 0 Å². The minimum Gasteiger partial charge on any atom is -0.478 e. The fourth-order valence-corrected chi connectivity index (χ4v) is 2.57. The Morgan fingerprint density at radius 1 is 1.22 bits per heavy atom. The number of rotatable bonds is 4. The van der Waals surface area contributed by atoms with Gasteiger partial charge in [0.05, 0.1) is 17.6 Å². The lowest BCUT2D eigenvalue weighted by Gasteiger charge is -2.05. The normalized spacial score (nSPS) is 11.3. The van der Waals surface area contributed by atoms with E-state index >= 15 is 0 Å². The highest BCUT2D eigenvalue weighted by atomic mass is 16.4. The van der Waals surface area contributed by atoms with Crippen LogP contribution < -0.4 is 0 Å². The minimum absolute atomic E-state index is 0.0383. The molecule has 3 rings (SSSR count). The quantitative estimate of drug-likeness (QED) is 0.773. The Morgan fingerprint density at radius 2 is 1.91 bits per heavy atom. The van der Waals surface area contributed by atoms with Crippen LogP contribution in [-0.4, -0.2) is 30.9 Å². The van der Waals surface area contributed by atoms with Crippen LogP contribution in [0, 0.1) is 0 Å². The van der Waals surface area contributed by atoms with Gasteiger partial charge in [-0.15, -0.1) is 0 Å². The van der Waals surface area contributed by atoms with Crippen LogP contribution in [0.1, 0.15) is 35.8 Å². The molecule has 6 nitrogen and oxygen atoms in total. The lowest BCUT2D eigenvalue weighted by Crippen LogP contribution is -2.04. The van der Waals surface area contributed by atoms with Crippen molar-refractivity contribution < 1.29 is 15.0 Å². The highest BCUT2D eigenvalue weighted by Gasteiger charge is 2.21. The molecule has 0 atom stereocenters. The molecule has 0 aliphatic heterocycles. The van der Waals surface area contributed by atoms with Crippen LogP contribution in [0.2, 0.25) is 0 Å². The van der Waals surface area contributed by atoms with E-state index in [0.29, 0.717) is 16.7 Å². The molecule has 23 heavy (non-hydrogen) atoms. The maximum Gasteiger partial charge on any atom is 0.336 e. The van der Waals surface area contributed by atoms with Gasteiger partial charge in [0, 0.05) is 17.8 Å². The zero-order chi connectivity index (χ0) is 16.6. The molecule has 1 aromatic carbocycles. The van der Waals surface area contributed by atoms with E-state index in [1.54, 1.807) is 16.8 Å². The van der Waals surface area contributed by atoms with Crippen molar-refractivity contribution in [2.24, 2.45) is 0 Å². The molecule has 0 bridgehead atoms. The predicted molar refractivity (Wildman–Crippen MR) is 86.2 cm³/mol. The van der Waals surface area contributed by atoms with Gasteiger partial charge in [-0.25, -0.2) is 14.5 Å². The molecule has 118 valence electrons. The topological polar surface area (TPSA) is 88.2 Å². The Hall–Kier alpha value is -2.73. The summed E-state index contributed by atoms with van der Waals surface area (Å²) in [5.41, 5.74) is 2.91. The number of aliphatic hydroxyl groups excluding tert-OH is 1. The van der Waals surface area contributed by atoms with Crippen molar-refractivity contribution in [1.29, 1.82) is 0 Å². The number of carboxylic acids is 1. The fraction of sp³-hybridized carbons (Fsp3) is 0.235. The summed E-state index contributed by atoms with van der Waals surface area (Å²) in [5, 5.41) is 23.8. The van der Waals surface area contributed by atoms with Crippen LogP contribution in [0.4, 0.5) is 0 Å². The third-order valence-corrected chi connectivity index (χ3v) is 3.72. The molecule has 0 saturated carbocycles. The highest BCUT2D eigenvalue weighted by Crippen LogP contribution is 2.31. The Balaban J connectivity index is 2.32. The number of benzene rings is 1. The van der Waals surface area contributed by atoms with Crippen molar-refractivity contribution in [2.45, 2.75) is 26.5 Å². The maximum absolute atomic E-state index is 11.6. The molecule has 0 radical (unpaired) electrons. The zero-order valence-electron chi connectivity index (χ0n) is 12.9. The van der Waals surface area contributed by atoms with Gasteiger partial charge < -0.3 is 10.2 Å².